The van der Waals surface area contributed by atoms with Crippen LogP contribution in [0.5, 0.6) is 0 Å². The van der Waals surface area contributed by atoms with E-state index in [1.165, 1.54) is 39.2 Å². The first-order chi connectivity index (χ1) is 11.3. The molecular weight excluding hydrogens is 304 g/mol. The van der Waals surface area contributed by atoms with Gasteiger partial charge in [-0.05, 0) is 69.6 Å². The number of rotatable bonds is 4. The van der Waals surface area contributed by atoms with Crippen molar-refractivity contribution in [1.29, 1.82) is 0 Å². The maximum atomic E-state index is 12.2. The van der Waals surface area contributed by atoms with Gasteiger partial charge >= 0.3 is 11.9 Å². The second-order valence-electron chi connectivity index (χ2n) is 8.20. The Morgan fingerprint density at radius 2 is 1.46 bits per heavy atom. The molecule has 0 N–H and O–H groups in total. The quantitative estimate of drug-likeness (QED) is 0.443. The lowest BCUT2D eigenvalue weighted by Crippen LogP contribution is -2.53. The Morgan fingerprint density at radius 3 is 1.88 bits per heavy atom. The van der Waals surface area contributed by atoms with Gasteiger partial charge in [0.1, 0.15) is 5.76 Å². The molecule has 4 rings (SSSR count). The lowest BCUT2D eigenvalue weighted by molar-refractivity contribution is -0.146. The zero-order valence-electron chi connectivity index (χ0n) is 15.2. The normalized spacial score (nSPS) is 37.7. The van der Waals surface area contributed by atoms with Gasteiger partial charge in [0.2, 0.25) is 0 Å². The van der Waals surface area contributed by atoms with E-state index in [9.17, 15) is 9.59 Å². The Hall–Kier alpha value is -1.58. The second-order valence-corrected chi connectivity index (χ2v) is 8.20. The molecule has 0 aromatic heterocycles. The van der Waals surface area contributed by atoms with Crippen LogP contribution in [0.4, 0.5) is 0 Å². The van der Waals surface area contributed by atoms with E-state index in [4.69, 9.17) is 9.47 Å². The monoisotopic (exact) mass is 332 g/mol. The van der Waals surface area contributed by atoms with Gasteiger partial charge in [-0.3, -0.25) is 0 Å². The highest BCUT2D eigenvalue weighted by atomic mass is 16.5. The van der Waals surface area contributed by atoms with Gasteiger partial charge in [-0.25, -0.2) is 9.59 Å². The number of hydrogen-bond acceptors (Lipinski definition) is 4. The first-order valence-corrected chi connectivity index (χ1v) is 8.94. The Labute approximate surface area is 144 Å². The Morgan fingerprint density at radius 1 is 0.958 bits per heavy atom. The van der Waals surface area contributed by atoms with Crippen LogP contribution in [0.1, 0.15) is 52.9 Å². The molecule has 0 aromatic carbocycles. The maximum Gasteiger partial charge on any atom is 0.338 e. The van der Waals surface area contributed by atoms with Gasteiger partial charge in [0.15, 0.2) is 0 Å². The van der Waals surface area contributed by atoms with Gasteiger partial charge in [0.05, 0.1) is 12.7 Å². The van der Waals surface area contributed by atoms with E-state index in [1.807, 2.05) is 0 Å². The smallest absolute Gasteiger partial charge is 0.338 e. The largest absolute Gasteiger partial charge is 0.466 e. The molecule has 4 aliphatic rings. The van der Waals surface area contributed by atoms with Crippen molar-refractivity contribution in [2.24, 2.45) is 29.1 Å². The summed E-state index contributed by atoms with van der Waals surface area (Å²) in [5.41, 5.74) is 0.497. The van der Waals surface area contributed by atoms with Crippen molar-refractivity contribution in [3.05, 3.63) is 23.5 Å². The summed E-state index contributed by atoms with van der Waals surface area (Å²) in [6.07, 6.45) is 6.04. The molecule has 4 nitrogen and oxygen atoms in total. The molecule has 0 radical (unpaired) electrons. The zero-order valence-corrected chi connectivity index (χ0v) is 15.2. The Kier molecular flexibility index (Phi) is 4.35. The third-order valence-electron chi connectivity index (χ3n) is 6.70. The van der Waals surface area contributed by atoms with Gasteiger partial charge < -0.3 is 9.47 Å². The average molecular weight is 332 g/mol. The minimum Gasteiger partial charge on any atom is -0.466 e. The van der Waals surface area contributed by atoms with Gasteiger partial charge in [-0.2, -0.15) is 0 Å². The molecule has 4 bridgehead atoms. The summed E-state index contributed by atoms with van der Waals surface area (Å²) < 4.78 is 10.7. The molecule has 4 saturated carbocycles. The van der Waals surface area contributed by atoms with Gasteiger partial charge in [-0.1, -0.05) is 13.5 Å². The highest BCUT2D eigenvalue weighted by Crippen LogP contribution is 2.65. The van der Waals surface area contributed by atoms with E-state index in [1.54, 1.807) is 13.8 Å². The lowest BCUT2D eigenvalue weighted by Gasteiger charge is -2.60. The van der Waals surface area contributed by atoms with Crippen LogP contribution in [-0.2, 0) is 19.1 Å². The molecule has 4 aliphatic carbocycles. The molecule has 132 valence electrons. The molecule has 0 aromatic rings. The molecule has 4 heteroatoms. The molecule has 0 spiro atoms. The fourth-order valence-electron chi connectivity index (χ4n) is 5.55. The fraction of sp³-hybridized carbons (Fsp3) is 0.700. The average Bonchev–Trinajstić information content (AvgIpc) is 2.54. The fourth-order valence-corrected chi connectivity index (χ4v) is 5.55. The Balaban J connectivity index is 2.03. The number of allylic oxidation sites excluding steroid dienone is 1. The van der Waals surface area contributed by atoms with Crippen LogP contribution in [0.15, 0.2) is 23.5 Å². The number of carbonyl (C=O) groups excluding carboxylic acids is 2. The standard InChI is InChI=1S/C20H28O4/c1-11(2)18(21)24-17(12(3)19(22)23-5)20(4)15-7-13-6-14(9-15)10-16(20)8-13/h13-16H,1,6-10H2,2-5H3. The summed E-state index contributed by atoms with van der Waals surface area (Å²) >= 11 is 0. The number of esters is 2. The number of hydrogen-bond donors (Lipinski definition) is 0. The van der Waals surface area contributed by atoms with Gasteiger partial charge in [0, 0.05) is 11.0 Å². The van der Waals surface area contributed by atoms with Crippen LogP contribution in [0, 0.1) is 29.1 Å². The SMILES string of the molecule is C=C(C)C(=O)OC(=C(C)C(=O)OC)C1(C)C2CC3CC(C2)CC1C3. The second kappa shape index (κ2) is 6.05. The van der Waals surface area contributed by atoms with Crippen molar-refractivity contribution in [3.63, 3.8) is 0 Å². The summed E-state index contributed by atoms with van der Waals surface area (Å²) in [5.74, 6) is 2.20. The number of carbonyl (C=O) groups is 2. The molecular formula is C20H28O4. The van der Waals surface area contributed by atoms with E-state index in [-0.39, 0.29) is 5.41 Å². The van der Waals surface area contributed by atoms with Crippen LogP contribution in [-0.4, -0.2) is 19.0 Å². The van der Waals surface area contributed by atoms with Crippen LogP contribution in [0.2, 0.25) is 0 Å². The third kappa shape index (κ3) is 2.60. The van der Waals surface area contributed by atoms with Crippen LogP contribution in [0.3, 0.4) is 0 Å². The highest BCUT2D eigenvalue weighted by Gasteiger charge is 2.58. The predicted molar refractivity (Wildman–Crippen MR) is 90.8 cm³/mol. The minimum atomic E-state index is -0.455. The third-order valence-corrected chi connectivity index (χ3v) is 6.70. The topological polar surface area (TPSA) is 52.6 Å². The van der Waals surface area contributed by atoms with Gasteiger partial charge in [0.25, 0.3) is 0 Å². The summed E-state index contributed by atoms with van der Waals surface area (Å²) in [7, 11) is 1.36. The molecule has 0 atom stereocenters. The van der Waals surface area contributed by atoms with Crippen molar-refractivity contribution in [3.8, 4) is 0 Å². The van der Waals surface area contributed by atoms with E-state index in [2.05, 4.69) is 13.5 Å². The van der Waals surface area contributed by atoms with Crippen LogP contribution >= 0.6 is 0 Å². The zero-order chi connectivity index (χ0) is 17.6. The minimum absolute atomic E-state index is 0.267. The predicted octanol–water partition coefficient (Wildman–Crippen LogP) is 4.02. The van der Waals surface area contributed by atoms with E-state index in [0.29, 0.717) is 28.7 Å². The van der Waals surface area contributed by atoms with Crippen LogP contribution < -0.4 is 0 Å². The van der Waals surface area contributed by atoms with E-state index in [0.717, 1.165) is 11.8 Å². The van der Waals surface area contributed by atoms with Crippen molar-refractivity contribution in [2.75, 3.05) is 7.11 Å². The Bertz CT molecular complexity index is 585. The molecule has 4 fully saturated rings. The highest BCUT2D eigenvalue weighted by molar-refractivity contribution is 5.91. The summed E-state index contributed by atoms with van der Waals surface area (Å²) in [4.78, 5) is 24.4. The van der Waals surface area contributed by atoms with E-state index >= 15 is 0 Å². The molecule has 24 heavy (non-hydrogen) atoms. The van der Waals surface area contributed by atoms with Crippen molar-refractivity contribution in [2.45, 2.75) is 52.9 Å². The van der Waals surface area contributed by atoms with Crippen molar-refractivity contribution >= 4 is 11.9 Å². The molecule has 0 heterocycles. The molecule has 0 saturated heterocycles. The summed E-state index contributed by atoms with van der Waals surface area (Å²) in [5, 5.41) is 0. The number of methoxy groups -OCH3 is 1. The summed E-state index contributed by atoms with van der Waals surface area (Å²) in [6, 6.07) is 0. The van der Waals surface area contributed by atoms with Crippen LogP contribution in [0.25, 0.3) is 0 Å². The molecule has 0 aliphatic heterocycles. The van der Waals surface area contributed by atoms with E-state index < -0.39 is 11.9 Å². The lowest BCUT2D eigenvalue weighted by atomic mass is 9.45. The first kappa shape index (κ1) is 17.2. The number of ether oxygens (including phenoxy) is 2. The first-order valence-electron chi connectivity index (χ1n) is 8.94. The molecule has 0 amide bonds. The maximum absolute atomic E-state index is 12.2. The summed E-state index contributed by atoms with van der Waals surface area (Å²) in [6.45, 7) is 9.21. The van der Waals surface area contributed by atoms with Crippen molar-refractivity contribution in [1.82, 2.24) is 0 Å². The van der Waals surface area contributed by atoms with Crippen molar-refractivity contribution < 1.29 is 19.1 Å². The molecule has 0 unspecified atom stereocenters. The van der Waals surface area contributed by atoms with Gasteiger partial charge in [-0.15, -0.1) is 0 Å².